The van der Waals surface area contributed by atoms with Crippen molar-refractivity contribution in [2.75, 3.05) is 5.32 Å². The number of fused-ring (bicyclic) bond motifs is 1. The summed E-state index contributed by atoms with van der Waals surface area (Å²) in [6.45, 7) is 8.41. The van der Waals surface area contributed by atoms with Crippen molar-refractivity contribution in [2.24, 2.45) is 0 Å². The van der Waals surface area contributed by atoms with E-state index in [0.717, 1.165) is 22.2 Å². The average Bonchev–Trinajstić information content (AvgIpc) is 3.10. The minimum atomic E-state index is 0.186. The van der Waals surface area contributed by atoms with E-state index in [9.17, 15) is 5.11 Å². The standard InChI is InChI=1S/C24H21N3O/c1-3-21-26-23(22-19-13-9-8-12-18(19)14-15-20(22)28)24(27(21)4-2)25-16-17-10-6-5-7-11-17/h3-15,25,28H,1-2,16H2. The number of anilines is 1. The van der Waals surface area contributed by atoms with E-state index in [-0.39, 0.29) is 5.75 Å². The Kier molecular flexibility index (Phi) is 4.68. The summed E-state index contributed by atoms with van der Waals surface area (Å²) in [5, 5.41) is 16.1. The Morgan fingerprint density at radius 2 is 1.71 bits per heavy atom. The van der Waals surface area contributed by atoms with Gasteiger partial charge < -0.3 is 10.4 Å². The molecule has 4 aromatic rings. The van der Waals surface area contributed by atoms with E-state index in [1.54, 1.807) is 18.3 Å². The summed E-state index contributed by atoms with van der Waals surface area (Å²) >= 11 is 0. The highest BCUT2D eigenvalue weighted by atomic mass is 16.3. The van der Waals surface area contributed by atoms with E-state index >= 15 is 0 Å². The van der Waals surface area contributed by atoms with Gasteiger partial charge in [-0.25, -0.2) is 4.98 Å². The first-order chi connectivity index (χ1) is 13.7. The van der Waals surface area contributed by atoms with E-state index < -0.39 is 0 Å². The first-order valence-electron chi connectivity index (χ1n) is 9.09. The molecule has 0 amide bonds. The molecule has 0 aliphatic rings. The second-order valence-corrected chi connectivity index (χ2v) is 6.44. The highest BCUT2D eigenvalue weighted by Gasteiger charge is 2.20. The normalized spacial score (nSPS) is 10.7. The van der Waals surface area contributed by atoms with Crippen molar-refractivity contribution in [3.63, 3.8) is 0 Å². The SMILES string of the molecule is C=Cc1nc(-c2c(O)ccc3ccccc23)c(NCc2ccccc2)n1C=C. The van der Waals surface area contributed by atoms with Gasteiger partial charge in [0.1, 0.15) is 23.1 Å². The van der Waals surface area contributed by atoms with Crippen LogP contribution in [0.1, 0.15) is 11.4 Å². The van der Waals surface area contributed by atoms with E-state index in [0.29, 0.717) is 23.6 Å². The van der Waals surface area contributed by atoms with Gasteiger partial charge in [-0.05, 0) is 28.5 Å². The third-order valence-electron chi connectivity index (χ3n) is 4.75. The maximum absolute atomic E-state index is 10.7. The number of rotatable bonds is 6. The molecule has 0 atom stereocenters. The first kappa shape index (κ1) is 17.6. The van der Waals surface area contributed by atoms with Crippen LogP contribution in [0, 0.1) is 0 Å². The molecule has 4 nitrogen and oxygen atoms in total. The molecule has 28 heavy (non-hydrogen) atoms. The summed E-state index contributed by atoms with van der Waals surface area (Å²) in [5.41, 5.74) is 2.50. The number of imidazole rings is 1. The Morgan fingerprint density at radius 1 is 0.964 bits per heavy atom. The molecule has 0 unspecified atom stereocenters. The van der Waals surface area contributed by atoms with Crippen molar-refractivity contribution in [3.05, 3.63) is 91.3 Å². The fraction of sp³-hybridized carbons (Fsp3) is 0.0417. The van der Waals surface area contributed by atoms with Crippen LogP contribution >= 0.6 is 0 Å². The van der Waals surface area contributed by atoms with Crippen LogP contribution in [0.25, 0.3) is 34.3 Å². The third kappa shape index (κ3) is 3.05. The van der Waals surface area contributed by atoms with Gasteiger partial charge in [0.2, 0.25) is 0 Å². The van der Waals surface area contributed by atoms with Crippen molar-refractivity contribution >= 4 is 28.9 Å². The molecule has 4 heteroatoms. The van der Waals surface area contributed by atoms with Crippen LogP contribution in [0.15, 0.2) is 79.9 Å². The van der Waals surface area contributed by atoms with E-state index in [1.807, 2.05) is 53.1 Å². The van der Waals surface area contributed by atoms with Gasteiger partial charge in [-0.1, -0.05) is 73.8 Å². The lowest BCUT2D eigenvalue weighted by atomic mass is 10.0. The minimum Gasteiger partial charge on any atom is -0.507 e. The number of hydrogen-bond donors (Lipinski definition) is 2. The molecule has 0 fully saturated rings. The summed E-state index contributed by atoms with van der Waals surface area (Å²) in [7, 11) is 0. The zero-order valence-corrected chi connectivity index (χ0v) is 15.5. The minimum absolute atomic E-state index is 0.186. The molecule has 3 aromatic carbocycles. The van der Waals surface area contributed by atoms with E-state index in [4.69, 9.17) is 4.98 Å². The van der Waals surface area contributed by atoms with Crippen LogP contribution in [-0.2, 0) is 6.54 Å². The molecule has 0 aliphatic carbocycles. The Balaban J connectivity index is 1.90. The topological polar surface area (TPSA) is 50.1 Å². The van der Waals surface area contributed by atoms with Crippen molar-refractivity contribution < 1.29 is 5.11 Å². The molecule has 1 heterocycles. The first-order valence-corrected chi connectivity index (χ1v) is 9.09. The van der Waals surface area contributed by atoms with Crippen LogP contribution in [0.5, 0.6) is 5.75 Å². The van der Waals surface area contributed by atoms with Crippen LogP contribution in [0.3, 0.4) is 0 Å². The number of aromatic nitrogens is 2. The number of hydrogen-bond acceptors (Lipinski definition) is 3. The Hall–Kier alpha value is -3.79. The second kappa shape index (κ2) is 7.45. The molecule has 0 aliphatic heterocycles. The van der Waals surface area contributed by atoms with E-state index in [2.05, 4.69) is 30.6 Å². The van der Waals surface area contributed by atoms with Gasteiger partial charge in [0.05, 0.1) is 5.56 Å². The van der Waals surface area contributed by atoms with Crippen molar-refractivity contribution in [2.45, 2.75) is 6.54 Å². The van der Waals surface area contributed by atoms with Crippen molar-refractivity contribution in [1.29, 1.82) is 0 Å². The fourth-order valence-corrected chi connectivity index (χ4v) is 3.41. The lowest BCUT2D eigenvalue weighted by Gasteiger charge is -2.13. The predicted octanol–water partition coefficient (Wildman–Crippen LogP) is 5.76. The molecule has 0 saturated carbocycles. The molecular weight excluding hydrogens is 346 g/mol. The van der Waals surface area contributed by atoms with Gasteiger partial charge in [-0.2, -0.15) is 0 Å². The Labute approximate surface area is 164 Å². The highest BCUT2D eigenvalue weighted by molar-refractivity contribution is 6.01. The Morgan fingerprint density at radius 3 is 2.46 bits per heavy atom. The molecule has 0 bridgehead atoms. The second-order valence-electron chi connectivity index (χ2n) is 6.44. The average molecular weight is 367 g/mol. The van der Waals surface area contributed by atoms with Gasteiger partial charge in [-0.15, -0.1) is 0 Å². The molecule has 0 saturated heterocycles. The quantitative estimate of drug-likeness (QED) is 0.455. The largest absolute Gasteiger partial charge is 0.507 e. The molecule has 4 rings (SSSR count). The van der Waals surface area contributed by atoms with Gasteiger partial charge in [0.25, 0.3) is 0 Å². The van der Waals surface area contributed by atoms with Gasteiger partial charge >= 0.3 is 0 Å². The van der Waals surface area contributed by atoms with Crippen LogP contribution in [0.2, 0.25) is 0 Å². The van der Waals surface area contributed by atoms with Crippen LogP contribution in [0.4, 0.5) is 5.82 Å². The lowest BCUT2D eigenvalue weighted by Crippen LogP contribution is -2.05. The summed E-state index contributed by atoms with van der Waals surface area (Å²) < 4.78 is 1.85. The summed E-state index contributed by atoms with van der Waals surface area (Å²) in [6.07, 6.45) is 3.38. The highest BCUT2D eigenvalue weighted by Crippen LogP contribution is 2.40. The molecule has 2 N–H and O–H groups in total. The van der Waals surface area contributed by atoms with Gasteiger partial charge in [0, 0.05) is 12.7 Å². The predicted molar refractivity (Wildman–Crippen MR) is 117 cm³/mol. The zero-order chi connectivity index (χ0) is 19.5. The zero-order valence-electron chi connectivity index (χ0n) is 15.5. The number of benzene rings is 3. The number of aromatic hydroxyl groups is 1. The molecule has 0 radical (unpaired) electrons. The molecule has 0 spiro atoms. The maximum Gasteiger partial charge on any atom is 0.139 e. The maximum atomic E-state index is 10.7. The smallest absolute Gasteiger partial charge is 0.139 e. The van der Waals surface area contributed by atoms with Gasteiger partial charge in [0.15, 0.2) is 0 Å². The van der Waals surface area contributed by atoms with Crippen LogP contribution in [-0.4, -0.2) is 14.7 Å². The fourth-order valence-electron chi connectivity index (χ4n) is 3.41. The van der Waals surface area contributed by atoms with E-state index in [1.165, 1.54) is 0 Å². The van der Waals surface area contributed by atoms with Gasteiger partial charge in [-0.3, -0.25) is 4.57 Å². The monoisotopic (exact) mass is 367 g/mol. The number of phenols is 1. The molecular formula is C24H21N3O. The lowest BCUT2D eigenvalue weighted by molar-refractivity contribution is 0.478. The third-order valence-corrected chi connectivity index (χ3v) is 4.75. The molecule has 138 valence electrons. The summed E-state index contributed by atoms with van der Waals surface area (Å²) in [5.74, 6) is 1.61. The number of phenolic OH excluding ortho intramolecular Hbond substituents is 1. The summed E-state index contributed by atoms with van der Waals surface area (Å²) in [4.78, 5) is 4.74. The van der Waals surface area contributed by atoms with Crippen molar-refractivity contribution in [3.8, 4) is 17.0 Å². The number of nitrogens with one attached hydrogen (secondary N) is 1. The van der Waals surface area contributed by atoms with Crippen LogP contribution < -0.4 is 5.32 Å². The summed E-state index contributed by atoms with van der Waals surface area (Å²) in [6, 6.07) is 21.7. The molecule has 1 aromatic heterocycles. The number of nitrogens with zero attached hydrogens (tertiary/aromatic N) is 2. The van der Waals surface area contributed by atoms with Crippen molar-refractivity contribution in [1.82, 2.24) is 9.55 Å². The Bertz CT molecular complexity index is 1160.